The van der Waals surface area contributed by atoms with Crippen LogP contribution in [0.4, 0.5) is 5.69 Å². The number of anilines is 1. The molecule has 0 bridgehead atoms. The summed E-state index contributed by atoms with van der Waals surface area (Å²) in [6.07, 6.45) is 6.56. The molecule has 0 N–H and O–H groups in total. The molecule has 2 aliphatic rings. The van der Waals surface area contributed by atoms with Gasteiger partial charge in [-0.25, -0.2) is 4.98 Å². The topological polar surface area (TPSA) is 63.0 Å². The quantitative estimate of drug-likeness (QED) is 0.697. The Hall–Kier alpha value is -2.93. The van der Waals surface area contributed by atoms with Crippen molar-refractivity contribution in [2.45, 2.75) is 25.9 Å². The second-order valence-electron chi connectivity index (χ2n) is 7.44. The van der Waals surface area contributed by atoms with E-state index in [1.807, 2.05) is 52.2 Å². The lowest BCUT2D eigenvalue weighted by Gasteiger charge is -2.30. The molecule has 5 heterocycles. The van der Waals surface area contributed by atoms with Gasteiger partial charge in [0.1, 0.15) is 5.65 Å². The van der Waals surface area contributed by atoms with Gasteiger partial charge in [0.15, 0.2) is 0 Å². The fraction of sp³-hybridized carbons (Fsp3) is 0.381. The predicted molar refractivity (Wildman–Crippen MR) is 106 cm³/mol. The lowest BCUT2D eigenvalue weighted by molar-refractivity contribution is 0.0715. The van der Waals surface area contributed by atoms with Crippen molar-refractivity contribution in [3.63, 3.8) is 0 Å². The van der Waals surface area contributed by atoms with E-state index in [2.05, 4.69) is 21.8 Å². The maximum Gasteiger partial charge on any atom is 0.258 e. The van der Waals surface area contributed by atoms with Crippen LogP contribution in [0.2, 0.25) is 0 Å². The van der Waals surface area contributed by atoms with Gasteiger partial charge in [-0.3, -0.25) is 9.78 Å². The fourth-order valence-electron chi connectivity index (χ4n) is 4.15. The van der Waals surface area contributed by atoms with Crippen LogP contribution < -0.4 is 4.90 Å². The number of nitrogens with zero attached hydrogens (tertiary/aromatic N) is 5. The first-order valence-corrected chi connectivity index (χ1v) is 9.75. The molecule has 0 spiro atoms. The molecule has 3 aromatic heterocycles. The number of hydrogen-bond acceptors (Lipinski definition) is 5. The molecule has 5 rings (SSSR count). The van der Waals surface area contributed by atoms with E-state index in [0.29, 0.717) is 26.2 Å². The minimum Gasteiger partial charge on any atom is -0.378 e. The Morgan fingerprint density at radius 3 is 2.89 bits per heavy atom. The number of fused-ring (bicyclic) bond motifs is 2. The van der Waals surface area contributed by atoms with Gasteiger partial charge >= 0.3 is 0 Å². The number of morpholine rings is 1. The predicted octanol–water partition coefficient (Wildman–Crippen LogP) is 2.15. The molecule has 1 amide bonds. The number of hydrogen-bond donors (Lipinski definition) is 0. The molecule has 7 nitrogen and oxygen atoms in total. The highest BCUT2D eigenvalue weighted by Crippen LogP contribution is 2.32. The summed E-state index contributed by atoms with van der Waals surface area (Å²) in [5.74, 6) is 0.0702. The van der Waals surface area contributed by atoms with Crippen LogP contribution in [-0.2, 0) is 17.7 Å². The summed E-state index contributed by atoms with van der Waals surface area (Å²) in [5.41, 5.74) is 4.53. The third-order valence-electron chi connectivity index (χ3n) is 5.60. The van der Waals surface area contributed by atoms with Crippen molar-refractivity contribution in [2.24, 2.45) is 0 Å². The summed E-state index contributed by atoms with van der Waals surface area (Å²) in [5, 5.41) is 0. The van der Waals surface area contributed by atoms with E-state index in [4.69, 9.17) is 4.74 Å². The number of carbonyl (C=O) groups excluding carboxylic acids is 1. The lowest BCUT2D eigenvalue weighted by atomic mass is 10.1. The van der Waals surface area contributed by atoms with Crippen molar-refractivity contribution >= 4 is 17.2 Å². The summed E-state index contributed by atoms with van der Waals surface area (Å²) in [6, 6.07) is 7.96. The maximum atomic E-state index is 13.3. The molecule has 144 valence electrons. The van der Waals surface area contributed by atoms with Crippen molar-refractivity contribution in [3.8, 4) is 0 Å². The molecular formula is C21H23N5O2. The zero-order valence-electron chi connectivity index (χ0n) is 15.9. The highest BCUT2D eigenvalue weighted by molar-refractivity contribution is 6.03. The molecule has 7 heteroatoms. The third-order valence-corrected chi connectivity index (χ3v) is 5.60. The van der Waals surface area contributed by atoms with E-state index in [9.17, 15) is 4.79 Å². The van der Waals surface area contributed by atoms with Gasteiger partial charge in [0.2, 0.25) is 0 Å². The normalized spacial score (nSPS) is 18.0. The summed E-state index contributed by atoms with van der Waals surface area (Å²) < 4.78 is 7.47. The molecule has 0 aliphatic carbocycles. The van der Waals surface area contributed by atoms with Gasteiger partial charge < -0.3 is 18.9 Å². The first kappa shape index (κ1) is 17.2. The summed E-state index contributed by atoms with van der Waals surface area (Å²) in [6.45, 7) is 5.64. The van der Waals surface area contributed by atoms with E-state index < -0.39 is 0 Å². The molecule has 28 heavy (non-hydrogen) atoms. The van der Waals surface area contributed by atoms with E-state index in [1.54, 1.807) is 0 Å². The number of ether oxygens (including phenoxy) is 1. The average Bonchev–Trinajstić information content (AvgIpc) is 3.29. The van der Waals surface area contributed by atoms with Gasteiger partial charge in [-0.2, -0.15) is 0 Å². The van der Waals surface area contributed by atoms with E-state index in [0.717, 1.165) is 41.4 Å². The lowest BCUT2D eigenvalue weighted by Crippen LogP contribution is -2.38. The van der Waals surface area contributed by atoms with Crippen LogP contribution in [-0.4, -0.2) is 57.5 Å². The monoisotopic (exact) mass is 377 g/mol. The Morgan fingerprint density at radius 2 is 2.07 bits per heavy atom. The van der Waals surface area contributed by atoms with E-state index >= 15 is 0 Å². The first-order valence-electron chi connectivity index (χ1n) is 9.75. The van der Waals surface area contributed by atoms with Gasteiger partial charge in [-0.1, -0.05) is 6.07 Å². The van der Waals surface area contributed by atoms with Gasteiger partial charge in [-0.15, -0.1) is 0 Å². The molecule has 3 aromatic rings. The van der Waals surface area contributed by atoms with Crippen molar-refractivity contribution < 1.29 is 9.53 Å². The van der Waals surface area contributed by atoms with Gasteiger partial charge in [0.05, 0.1) is 42.4 Å². The van der Waals surface area contributed by atoms with Crippen LogP contribution >= 0.6 is 0 Å². The summed E-state index contributed by atoms with van der Waals surface area (Å²) in [7, 11) is 0. The number of aromatic nitrogens is 3. The Morgan fingerprint density at radius 1 is 1.21 bits per heavy atom. The zero-order valence-corrected chi connectivity index (χ0v) is 15.9. The van der Waals surface area contributed by atoms with Crippen molar-refractivity contribution in [2.75, 3.05) is 31.2 Å². The fourth-order valence-corrected chi connectivity index (χ4v) is 4.15. The molecule has 1 saturated heterocycles. The highest BCUT2D eigenvalue weighted by atomic mass is 16.5. The number of pyridine rings is 2. The number of imidazole rings is 1. The van der Waals surface area contributed by atoms with E-state index in [1.165, 1.54) is 0 Å². The minimum atomic E-state index is 0.0455. The number of carbonyl (C=O) groups is 1. The number of rotatable bonds is 4. The zero-order chi connectivity index (χ0) is 19.1. The highest BCUT2D eigenvalue weighted by Gasteiger charge is 2.35. The van der Waals surface area contributed by atoms with Crippen LogP contribution in [0.1, 0.15) is 28.7 Å². The minimum absolute atomic E-state index is 0.0455. The molecule has 1 fully saturated rings. The Labute approximate surface area is 163 Å². The van der Waals surface area contributed by atoms with Crippen molar-refractivity contribution in [3.05, 3.63) is 59.8 Å². The van der Waals surface area contributed by atoms with Crippen LogP contribution in [0.25, 0.3) is 5.65 Å². The molecule has 0 radical (unpaired) electrons. The maximum absolute atomic E-state index is 13.3. The third kappa shape index (κ3) is 2.92. The van der Waals surface area contributed by atoms with Crippen LogP contribution in [0, 0.1) is 0 Å². The largest absolute Gasteiger partial charge is 0.378 e. The standard InChI is InChI=1S/C21H23N5O2/c1-15(12-16-13-25-7-3-2-4-19(25)23-16)26-14-17-20(21(26)27)18(5-6-22-17)24-8-10-28-11-9-24/h2-7,13,15H,8-12,14H2,1H3. The van der Waals surface area contributed by atoms with Crippen LogP contribution in [0.15, 0.2) is 42.9 Å². The van der Waals surface area contributed by atoms with Gasteiger partial charge in [-0.05, 0) is 25.1 Å². The smallest absolute Gasteiger partial charge is 0.258 e. The molecule has 0 aromatic carbocycles. The second kappa shape index (κ2) is 6.91. The van der Waals surface area contributed by atoms with E-state index in [-0.39, 0.29) is 11.9 Å². The summed E-state index contributed by atoms with van der Waals surface area (Å²) >= 11 is 0. The Bertz CT molecular complexity index is 992. The summed E-state index contributed by atoms with van der Waals surface area (Å²) in [4.78, 5) is 26.6. The van der Waals surface area contributed by atoms with Crippen molar-refractivity contribution in [1.82, 2.24) is 19.3 Å². The second-order valence-corrected chi connectivity index (χ2v) is 7.44. The van der Waals surface area contributed by atoms with Crippen LogP contribution in [0.5, 0.6) is 0 Å². The number of amides is 1. The molecule has 1 atom stereocenters. The SMILES string of the molecule is CC(Cc1cn2ccccc2n1)N1Cc2nccc(N3CCOCC3)c2C1=O. The van der Waals surface area contributed by atoms with Gasteiger partial charge in [0.25, 0.3) is 5.91 Å². The average molecular weight is 377 g/mol. The Kier molecular flexibility index (Phi) is 4.24. The molecular weight excluding hydrogens is 354 g/mol. The molecule has 2 aliphatic heterocycles. The Balaban J connectivity index is 1.38. The molecule has 0 saturated carbocycles. The van der Waals surface area contributed by atoms with Crippen molar-refractivity contribution in [1.29, 1.82) is 0 Å². The molecule has 1 unspecified atom stereocenters. The first-order chi connectivity index (χ1) is 13.7. The van der Waals surface area contributed by atoms with Crippen LogP contribution in [0.3, 0.4) is 0 Å². The van der Waals surface area contributed by atoms with Gasteiger partial charge in [0, 0.05) is 44.1 Å².